The molecule has 0 atom stereocenters. The monoisotopic (exact) mass is 389 g/mol. The highest BCUT2D eigenvalue weighted by atomic mass is 35.5. The molecule has 1 aromatic heterocycles. The summed E-state index contributed by atoms with van der Waals surface area (Å²) >= 11 is 5.52. The lowest BCUT2D eigenvalue weighted by atomic mass is 10.2. The maximum atomic E-state index is 12.8. The first-order chi connectivity index (χ1) is 12.1. The van der Waals surface area contributed by atoms with Gasteiger partial charge in [0.25, 0.3) is 5.91 Å². The molecular weight excluding hydrogens is 375 g/mol. The third-order valence-electron chi connectivity index (χ3n) is 3.38. The second-order valence-corrected chi connectivity index (χ2v) is 5.81. The Morgan fingerprint density at radius 3 is 2.58 bits per heavy atom. The Kier molecular flexibility index (Phi) is 5.94. The smallest absolute Gasteiger partial charge is 0.417 e. The topological polar surface area (TPSA) is 88.6 Å². The van der Waals surface area contributed by atoms with Crippen molar-refractivity contribution in [3.8, 4) is 0 Å². The van der Waals surface area contributed by atoms with Crippen molar-refractivity contribution in [1.82, 2.24) is 4.90 Å². The fraction of sp³-hybridized carbons (Fsp3) is 0.250. The highest BCUT2D eigenvalue weighted by Crippen LogP contribution is 2.36. The van der Waals surface area contributed by atoms with Gasteiger partial charge in [-0.1, -0.05) is 11.6 Å². The summed E-state index contributed by atoms with van der Waals surface area (Å²) in [5, 5.41) is 1.83. The normalized spacial score (nSPS) is 11.3. The quantitative estimate of drug-likeness (QED) is 0.822. The van der Waals surface area contributed by atoms with Gasteiger partial charge in [0.15, 0.2) is 0 Å². The van der Waals surface area contributed by atoms with Gasteiger partial charge in [-0.25, -0.2) is 0 Å². The fourth-order valence-electron chi connectivity index (χ4n) is 2.13. The summed E-state index contributed by atoms with van der Waals surface area (Å²) in [4.78, 5) is 25.3. The molecule has 0 aliphatic rings. The van der Waals surface area contributed by atoms with E-state index in [0.717, 1.165) is 17.0 Å². The zero-order valence-electron chi connectivity index (χ0n) is 13.6. The van der Waals surface area contributed by atoms with Gasteiger partial charge in [0.05, 0.1) is 29.2 Å². The van der Waals surface area contributed by atoms with Crippen molar-refractivity contribution in [1.29, 1.82) is 0 Å². The van der Waals surface area contributed by atoms with Crippen LogP contribution in [0.15, 0.2) is 34.9 Å². The summed E-state index contributed by atoms with van der Waals surface area (Å²) in [6.07, 6.45) is -3.43. The number of alkyl halides is 3. The van der Waals surface area contributed by atoms with Crippen LogP contribution in [0.1, 0.15) is 21.7 Å². The van der Waals surface area contributed by atoms with E-state index in [2.05, 4.69) is 5.32 Å². The minimum Gasteiger partial charge on any atom is -0.467 e. The van der Waals surface area contributed by atoms with E-state index in [4.69, 9.17) is 21.8 Å². The number of hydrogen-bond donors (Lipinski definition) is 2. The van der Waals surface area contributed by atoms with Crippen LogP contribution >= 0.6 is 11.6 Å². The average Bonchev–Trinajstić information content (AvgIpc) is 3.03. The van der Waals surface area contributed by atoms with Gasteiger partial charge in [-0.05, 0) is 24.3 Å². The molecule has 1 aromatic carbocycles. The number of hydrogen-bond acceptors (Lipinski definition) is 4. The number of nitrogens with one attached hydrogen (secondary N) is 1. The van der Waals surface area contributed by atoms with Crippen molar-refractivity contribution in [3.05, 3.63) is 52.4 Å². The van der Waals surface area contributed by atoms with E-state index in [1.165, 1.54) is 25.4 Å². The molecule has 0 spiro atoms. The Morgan fingerprint density at radius 1 is 1.31 bits per heavy atom. The predicted molar refractivity (Wildman–Crippen MR) is 88.6 cm³/mol. The number of nitrogens with two attached hydrogens (primary N) is 1. The standard InChI is InChI=1S/C16H15ClF3N3O3/c1-23(15(25)9-4-11(6-21)26-8-9)7-14(24)22-10-2-3-13(17)12(5-10)16(18,19)20/h2-5,8H,6-7,21H2,1H3,(H,22,24). The Labute approximate surface area is 151 Å². The van der Waals surface area contributed by atoms with Crippen molar-refractivity contribution >= 4 is 29.1 Å². The Balaban J connectivity index is 2.03. The molecule has 140 valence electrons. The number of carbonyl (C=O) groups excluding carboxylic acids is 2. The molecule has 2 aromatic rings. The van der Waals surface area contributed by atoms with Crippen LogP contribution in [-0.2, 0) is 17.5 Å². The molecule has 6 nitrogen and oxygen atoms in total. The van der Waals surface area contributed by atoms with Gasteiger partial charge >= 0.3 is 6.18 Å². The van der Waals surface area contributed by atoms with Crippen LogP contribution in [-0.4, -0.2) is 30.3 Å². The third kappa shape index (κ3) is 4.77. The van der Waals surface area contributed by atoms with E-state index in [-0.39, 0.29) is 24.3 Å². The highest BCUT2D eigenvalue weighted by molar-refractivity contribution is 6.31. The van der Waals surface area contributed by atoms with Crippen LogP contribution in [0, 0.1) is 0 Å². The van der Waals surface area contributed by atoms with Crippen LogP contribution in [0.5, 0.6) is 0 Å². The summed E-state index contributed by atoms with van der Waals surface area (Å²) < 4.78 is 43.5. The zero-order valence-corrected chi connectivity index (χ0v) is 14.3. The third-order valence-corrected chi connectivity index (χ3v) is 3.71. The predicted octanol–water partition coefficient (Wildman–Crippen LogP) is 3.12. The first kappa shape index (κ1) is 19.8. The van der Waals surface area contributed by atoms with E-state index >= 15 is 0 Å². The molecule has 2 rings (SSSR count). The molecule has 26 heavy (non-hydrogen) atoms. The number of nitrogens with zero attached hydrogens (tertiary/aromatic N) is 1. The van der Waals surface area contributed by atoms with Crippen molar-refractivity contribution < 1.29 is 27.2 Å². The molecule has 0 aliphatic heterocycles. The van der Waals surface area contributed by atoms with Crippen molar-refractivity contribution in [2.45, 2.75) is 12.7 Å². The van der Waals surface area contributed by atoms with Crippen LogP contribution < -0.4 is 11.1 Å². The van der Waals surface area contributed by atoms with Crippen LogP contribution in [0.25, 0.3) is 0 Å². The number of carbonyl (C=O) groups is 2. The van der Waals surface area contributed by atoms with Gasteiger partial charge in [-0.2, -0.15) is 13.2 Å². The van der Waals surface area contributed by atoms with Crippen LogP contribution in [0.4, 0.5) is 18.9 Å². The first-order valence-corrected chi connectivity index (χ1v) is 7.69. The van der Waals surface area contributed by atoms with E-state index < -0.39 is 28.6 Å². The second kappa shape index (κ2) is 7.79. The fourth-order valence-corrected chi connectivity index (χ4v) is 2.35. The number of halogens is 4. The molecule has 0 fully saturated rings. The molecule has 0 aliphatic carbocycles. The summed E-state index contributed by atoms with van der Waals surface area (Å²) in [6, 6.07) is 4.45. The van der Waals surface area contributed by atoms with Gasteiger partial charge < -0.3 is 20.4 Å². The SMILES string of the molecule is CN(CC(=O)Nc1ccc(Cl)c(C(F)(F)F)c1)C(=O)c1coc(CN)c1. The second-order valence-electron chi connectivity index (χ2n) is 5.41. The number of likely N-dealkylation sites (N-methyl/N-ethyl adjacent to an activating group) is 1. The van der Waals surface area contributed by atoms with Gasteiger partial charge in [0.2, 0.25) is 5.91 Å². The average molecular weight is 390 g/mol. The van der Waals surface area contributed by atoms with Crippen molar-refractivity contribution in [2.75, 3.05) is 18.9 Å². The lowest BCUT2D eigenvalue weighted by molar-refractivity contribution is -0.137. The summed E-state index contributed by atoms with van der Waals surface area (Å²) in [5.41, 5.74) is 4.46. The van der Waals surface area contributed by atoms with Gasteiger partial charge in [0, 0.05) is 12.7 Å². The van der Waals surface area contributed by atoms with E-state index in [0.29, 0.717) is 5.76 Å². The summed E-state index contributed by atoms with van der Waals surface area (Å²) in [5.74, 6) is -0.749. The van der Waals surface area contributed by atoms with Gasteiger partial charge in [0.1, 0.15) is 12.0 Å². The lowest BCUT2D eigenvalue weighted by Gasteiger charge is -2.16. The molecule has 2 amide bonds. The van der Waals surface area contributed by atoms with E-state index in [1.54, 1.807) is 0 Å². The van der Waals surface area contributed by atoms with Crippen molar-refractivity contribution in [2.24, 2.45) is 5.73 Å². The minimum atomic E-state index is -4.65. The molecule has 1 heterocycles. The zero-order chi connectivity index (χ0) is 19.5. The van der Waals surface area contributed by atoms with Gasteiger partial charge in [-0.3, -0.25) is 9.59 Å². The number of rotatable bonds is 5. The van der Waals surface area contributed by atoms with Crippen LogP contribution in [0.2, 0.25) is 5.02 Å². The minimum absolute atomic E-state index is 0.0821. The highest BCUT2D eigenvalue weighted by Gasteiger charge is 2.33. The first-order valence-electron chi connectivity index (χ1n) is 7.31. The molecule has 0 unspecified atom stereocenters. The summed E-state index contributed by atoms with van der Waals surface area (Å²) in [6.45, 7) is -0.248. The maximum absolute atomic E-state index is 12.8. The van der Waals surface area contributed by atoms with Crippen LogP contribution in [0.3, 0.4) is 0 Å². The maximum Gasteiger partial charge on any atom is 0.417 e. The lowest BCUT2D eigenvalue weighted by Crippen LogP contribution is -2.34. The molecule has 0 radical (unpaired) electrons. The molecule has 3 N–H and O–H groups in total. The molecule has 0 saturated heterocycles. The molecular formula is C16H15ClF3N3O3. The number of furan rings is 1. The largest absolute Gasteiger partial charge is 0.467 e. The van der Waals surface area contributed by atoms with E-state index in [9.17, 15) is 22.8 Å². The molecule has 10 heteroatoms. The Hall–Kier alpha value is -2.52. The Bertz CT molecular complexity index is 821. The van der Waals surface area contributed by atoms with Crippen molar-refractivity contribution in [3.63, 3.8) is 0 Å². The molecule has 0 bridgehead atoms. The number of amides is 2. The summed E-state index contributed by atoms with van der Waals surface area (Å²) in [7, 11) is 1.38. The molecule has 0 saturated carbocycles. The van der Waals surface area contributed by atoms with Gasteiger partial charge in [-0.15, -0.1) is 0 Å². The van der Waals surface area contributed by atoms with E-state index in [1.807, 2.05) is 0 Å². The Morgan fingerprint density at radius 2 is 2.00 bits per heavy atom. The number of anilines is 1. The number of benzene rings is 1.